The number of methoxy groups -OCH3 is 1. The third-order valence-corrected chi connectivity index (χ3v) is 9.20. The minimum Gasteiger partial charge on any atom is -0.497 e. The van der Waals surface area contributed by atoms with Gasteiger partial charge in [-0.3, -0.25) is 10.2 Å². The normalized spacial score (nSPS) is 16.8. The average Bonchev–Trinajstić information content (AvgIpc) is 3.54. The molecule has 0 aromatic heterocycles. The molecule has 1 heterocycles. The van der Waals surface area contributed by atoms with Crippen molar-refractivity contribution >= 4 is 27.7 Å². The van der Waals surface area contributed by atoms with Crippen molar-refractivity contribution in [3.63, 3.8) is 0 Å². The highest BCUT2D eigenvalue weighted by Crippen LogP contribution is 2.43. The molecule has 5 aromatic carbocycles. The summed E-state index contributed by atoms with van der Waals surface area (Å²) in [6.07, 6.45) is 0.0610. The molecule has 0 fully saturated rings. The summed E-state index contributed by atoms with van der Waals surface area (Å²) in [5.74, 6) is 1.46. The van der Waals surface area contributed by atoms with Crippen LogP contribution >= 0.6 is 15.9 Å². The van der Waals surface area contributed by atoms with Gasteiger partial charge in [0.25, 0.3) is 5.91 Å². The van der Waals surface area contributed by atoms with Gasteiger partial charge in [-0.05, 0) is 70.3 Å². The fourth-order valence-corrected chi connectivity index (χ4v) is 6.20. The topological polar surface area (TPSA) is 101 Å². The monoisotopic (exact) mass is 719 g/mol. The number of rotatable bonds is 14. The molecule has 0 aliphatic carbocycles. The molecule has 2 atom stereocenters. The fourth-order valence-electron chi connectivity index (χ4n) is 5.77. The molecule has 0 spiro atoms. The van der Waals surface area contributed by atoms with Gasteiger partial charge in [-0.15, -0.1) is 0 Å². The lowest BCUT2D eigenvalue weighted by atomic mass is 9.82. The second-order valence-electron chi connectivity index (χ2n) is 11.7. The minimum atomic E-state index is -1.38. The summed E-state index contributed by atoms with van der Waals surface area (Å²) in [4.78, 5) is 19.7. The largest absolute Gasteiger partial charge is 0.497 e. The van der Waals surface area contributed by atoms with Crippen LogP contribution in [0.4, 0.5) is 0 Å². The number of halogens is 1. The summed E-state index contributed by atoms with van der Waals surface area (Å²) in [5, 5.41) is 9.12. The Hall–Kier alpha value is -4.96. The van der Waals surface area contributed by atoms with Crippen molar-refractivity contribution in [2.75, 3.05) is 20.3 Å². The molecular weight excluding hydrogens is 682 g/mol. The predicted octanol–water partition coefficient (Wildman–Crippen LogP) is 7.21. The van der Waals surface area contributed by atoms with Crippen LogP contribution in [0, 0.1) is 0 Å². The Morgan fingerprint density at radius 3 is 2.18 bits per heavy atom. The molecule has 5 aromatic rings. The first-order chi connectivity index (χ1) is 24.0. The second kappa shape index (κ2) is 16.0. The fraction of sp³-hybridized carbons (Fsp3) is 0.200. The summed E-state index contributed by atoms with van der Waals surface area (Å²) in [7, 11) is 1.63. The summed E-state index contributed by atoms with van der Waals surface area (Å²) in [6.45, 7) is 0.868. The zero-order chi connectivity index (χ0) is 34.1. The highest BCUT2D eigenvalue weighted by Gasteiger charge is 2.53. The van der Waals surface area contributed by atoms with E-state index in [-0.39, 0.29) is 18.9 Å². The van der Waals surface area contributed by atoms with Crippen LogP contribution in [-0.2, 0) is 22.5 Å². The Bertz CT molecular complexity index is 1870. The van der Waals surface area contributed by atoms with Gasteiger partial charge in [0.15, 0.2) is 11.6 Å². The molecule has 6 rings (SSSR count). The van der Waals surface area contributed by atoms with Crippen molar-refractivity contribution < 1.29 is 24.1 Å². The van der Waals surface area contributed by atoms with Crippen LogP contribution in [0.2, 0.25) is 0 Å². The summed E-state index contributed by atoms with van der Waals surface area (Å²) < 4.78 is 18.6. The Morgan fingerprint density at radius 1 is 0.837 bits per heavy atom. The van der Waals surface area contributed by atoms with Crippen LogP contribution in [0.25, 0.3) is 11.1 Å². The number of carbonyl (C=O) groups excluding carboxylic acids is 1. The van der Waals surface area contributed by atoms with Crippen LogP contribution in [0.5, 0.6) is 11.5 Å². The number of aliphatic hydroxyl groups excluding tert-OH is 1. The molecular formula is C40H38BrN3O5. The number of nitrogens with zero attached hydrogens (tertiary/aromatic N) is 1. The Balaban J connectivity index is 1.37. The van der Waals surface area contributed by atoms with Gasteiger partial charge in [0.1, 0.15) is 11.5 Å². The third-order valence-electron chi connectivity index (χ3n) is 8.42. The molecule has 1 aliphatic rings. The molecule has 49 heavy (non-hydrogen) atoms. The minimum absolute atomic E-state index is 0.0626. The zero-order valence-electron chi connectivity index (χ0n) is 27.1. The Labute approximate surface area is 294 Å². The van der Waals surface area contributed by atoms with Crippen molar-refractivity contribution in [1.29, 1.82) is 0 Å². The lowest BCUT2D eigenvalue weighted by molar-refractivity contribution is -0.130. The van der Waals surface area contributed by atoms with Crippen molar-refractivity contribution in [2.45, 2.75) is 31.0 Å². The van der Waals surface area contributed by atoms with E-state index in [1.807, 2.05) is 115 Å². The van der Waals surface area contributed by atoms with Crippen LogP contribution in [-0.4, -0.2) is 42.8 Å². The number of carbonyl (C=O) groups is 1. The maximum atomic E-state index is 14.6. The molecule has 250 valence electrons. The van der Waals surface area contributed by atoms with E-state index in [0.717, 1.165) is 38.0 Å². The van der Waals surface area contributed by atoms with Crippen LogP contribution in [0.3, 0.4) is 0 Å². The first kappa shape index (κ1) is 33.9. The van der Waals surface area contributed by atoms with Crippen molar-refractivity contribution in [3.05, 3.63) is 154 Å². The lowest BCUT2D eigenvalue weighted by Crippen LogP contribution is -2.53. The number of hydrogen-bond acceptors (Lipinski definition) is 7. The standard InChI is InChI=1S/C40H38BrN3O5/c1-47-34-20-12-28(13-21-34)27-42-44-39(46)40(26-33-10-5-6-11-36(33)41)37(31-16-14-30(15-17-31)29-8-3-2-4-9-29)49-38(43-40)32-18-22-35(23-19-32)48-25-7-24-45/h2-6,8-23,37,42,45H,7,24-27H2,1H3,(H,44,46)/t37-,40-/m0/s1. The number of hydrogen-bond donors (Lipinski definition) is 3. The average molecular weight is 721 g/mol. The van der Waals surface area contributed by atoms with Crippen LogP contribution in [0.15, 0.2) is 137 Å². The van der Waals surface area contributed by atoms with E-state index in [1.54, 1.807) is 7.11 Å². The number of aliphatic imine (C=N–C) groups is 1. The third kappa shape index (κ3) is 8.03. The SMILES string of the molecule is COc1ccc(CNNC(=O)[C@@]2(Cc3ccccc3Br)N=C(c3ccc(OCCCO)cc3)O[C@H]2c2ccc(-c3ccccc3)cc2)cc1. The molecule has 0 saturated heterocycles. The molecule has 0 radical (unpaired) electrons. The van der Waals surface area contributed by atoms with Crippen LogP contribution < -0.4 is 20.3 Å². The predicted molar refractivity (Wildman–Crippen MR) is 194 cm³/mol. The van der Waals surface area contributed by atoms with Gasteiger partial charge in [-0.2, -0.15) is 0 Å². The molecule has 1 aliphatic heterocycles. The van der Waals surface area contributed by atoms with E-state index in [9.17, 15) is 4.79 Å². The summed E-state index contributed by atoms with van der Waals surface area (Å²) >= 11 is 3.70. The number of aliphatic hydroxyl groups is 1. The van der Waals surface area contributed by atoms with E-state index in [1.165, 1.54) is 0 Å². The van der Waals surface area contributed by atoms with Crippen molar-refractivity contribution in [1.82, 2.24) is 10.9 Å². The van der Waals surface area contributed by atoms with Gasteiger partial charge in [-0.1, -0.05) is 101 Å². The van der Waals surface area contributed by atoms with Gasteiger partial charge >= 0.3 is 0 Å². The molecule has 9 heteroatoms. The molecule has 0 unspecified atom stereocenters. The smallest absolute Gasteiger partial charge is 0.266 e. The van der Waals surface area contributed by atoms with Gasteiger partial charge in [0.05, 0.1) is 13.7 Å². The number of benzene rings is 5. The number of hydrazine groups is 1. The highest BCUT2D eigenvalue weighted by molar-refractivity contribution is 9.10. The van der Waals surface area contributed by atoms with E-state index in [4.69, 9.17) is 24.3 Å². The molecule has 0 saturated carbocycles. The second-order valence-corrected chi connectivity index (χ2v) is 12.6. The van der Waals surface area contributed by atoms with E-state index in [0.29, 0.717) is 36.8 Å². The maximum absolute atomic E-state index is 14.6. The van der Waals surface area contributed by atoms with E-state index in [2.05, 4.69) is 38.9 Å². The molecule has 1 amide bonds. The first-order valence-corrected chi connectivity index (χ1v) is 16.9. The van der Waals surface area contributed by atoms with Crippen LogP contribution in [0.1, 0.15) is 34.8 Å². The van der Waals surface area contributed by atoms with Gasteiger partial charge in [0.2, 0.25) is 5.90 Å². The zero-order valence-corrected chi connectivity index (χ0v) is 28.7. The van der Waals surface area contributed by atoms with E-state index < -0.39 is 11.6 Å². The Morgan fingerprint density at radius 2 is 1.49 bits per heavy atom. The van der Waals surface area contributed by atoms with Gasteiger partial charge in [0, 0.05) is 36.0 Å². The number of ether oxygens (including phenoxy) is 3. The van der Waals surface area contributed by atoms with Gasteiger partial charge < -0.3 is 19.3 Å². The summed E-state index contributed by atoms with van der Waals surface area (Å²) in [6, 6.07) is 41.2. The van der Waals surface area contributed by atoms with Crippen molar-refractivity contribution in [3.8, 4) is 22.6 Å². The quantitative estimate of drug-likeness (QED) is 0.0829. The maximum Gasteiger partial charge on any atom is 0.266 e. The lowest BCUT2D eigenvalue weighted by Gasteiger charge is -2.31. The molecule has 3 N–H and O–H groups in total. The summed E-state index contributed by atoms with van der Waals surface area (Å²) in [5.41, 5.74) is 10.3. The van der Waals surface area contributed by atoms with E-state index >= 15 is 0 Å². The molecule has 8 nitrogen and oxygen atoms in total. The highest BCUT2D eigenvalue weighted by atomic mass is 79.9. The Kier molecular flexibility index (Phi) is 11.0. The van der Waals surface area contributed by atoms with Crippen molar-refractivity contribution in [2.24, 2.45) is 4.99 Å². The van der Waals surface area contributed by atoms with Gasteiger partial charge in [-0.25, -0.2) is 10.4 Å². The first-order valence-electron chi connectivity index (χ1n) is 16.1. The number of nitrogens with one attached hydrogen (secondary N) is 2. The number of amides is 1. The molecule has 0 bridgehead atoms.